The van der Waals surface area contributed by atoms with E-state index in [2.05, 4.69) is 5.32 Å². The van der Waals surface area contributed by atoms with Gasteiger partial charge < -0.3 is 10.1 Å². The number of rotatable bonds is 7. The van der Waals surface area contributed by atoms with Gasteiger partial charge in [-0.15, -0.1) is 0 Å². The molecule has 0 spiro atoms. The molecule has 1 saturated heterocycles. The molecule has 2 heterocycles. The van der Waals surface area contributed by atoms with Crippen LogP contribution in [0, 0.1) is 6.92 Å². The molecule has 2 aliphatic heterocycles. The van der Waals surface area contributed by atoms with E-state index in [0.29, 0.717) is 48.0 Å². The molecular weight excluding hydrogens is 516 g/mol. The zero-order valence-corrected chi connectivity index (χ0v) is 22.7. The summed E-state index contributed by atoms with van der Waals surface area (Å²) in [7, 11) is -2.00. The maximum atomic E-state index is 13.2. The molecule has 2 aromatic rings. The Balaban J connectivity index is 1.59. The Morgan fingerprint density at radius 2 is 1.73 bits per heavy atom. The van der Waals surface area contributed by atoms with E-state index in [4.69, 9.17) is 16.3 Å². The van der Waals surface area contributed by atoms with Gasteiger partial charge in [-0.05, 0) is 37.6 Å². The summed E-state index contributed by atoms with van der Waals surface area (Å²) in [5, 5.41) is 3.29. The highest BCUT2D eigenvalue weighted by Gasteiger charge is 2.39. The Labute approximate surface area is 222 Å². The number of halogens is 1. The first kappa shape index (κ1) is 27.1. The van der Waals surface area contributed by atoms with E-state index in [1.807, 2.05) is 11.8 Å². The van der Waals surface area contributed by atoms with Crippen LogP contribution in [0.25, 0.3) is 0 Å². The number of carbonyl (C=O) groups is 2. The first-order valence-corrected chi connectivity index (χ1v) is 13.9. The summed E-state index contributed by atoms with van der Waals surface area (Å²) in [6.07, 6.45) is 0. The van der Waals surface area contributed by atoms with Gasteiger partial charge >= 0.3 is 12.0 Å². The molecule has 0 radical (unpaired) electrons. The van der Waals surface area contributed by atoms with Crippen LogP contribution < -0.4 is 5.32 Å². The molecule has 1 fully saturated rings. The highest BCUT2D eigenvalue weighted by molar-refractivity contribution is 7.89. The standard InChI is InChI=1S/C26H31ClN4O5S/c1-4-36-25(32)23-22(29(3)26(33)28-24(23)20-7-5-6-8-21(20)27)17-30-13-15-31(16-14-30)37(34,35)19-11-9-18(2)10-12-19/h5-12,24H,4,13-17H2,1-3H3,(H,28,33)/t24-/m0/s1. The van der Waals surface area contributed by atoms with Crippen molar-refractivity contribution in [2.45, 2.75) is 24.8 Å². The van der Waals surface area contributed by atoms with Gasteiger partial charge in [-0.1, -0.05) is 47.5 Å². The highest BCUT2D eigenvalue weighted by atomic mass is 35.5. The molecule has 37 heavy (non-hydrogen) atoms. The Bertz CT molecular complexity index is 1300. The molecule has 0 aromatic heterocycles. The van der Waals surface area contributed by atoms with Crippen LogP contribution in [0.3, 0.4) is 0 Å². The lowest BCUT2D eigenvalue weighted by atomic mass is 9.94. The van der Waals surface area contributed by atoms with Crippen molar-refractivity contribution in [2.24, 2.45) is 0 Å². The number of hydrogen-bond acceptors (Lipinski definition) is 6. The van der Waals surface area contributed by atoms with Gasteiger partial charge in [0.2, 0.25) is 10.0 Å². The second-order valence-electron chi connectivity index (χ2n) is 9.04. The minimum atomic E-state index is -3.60. The lowest BCUT2D eigenvalue weighted by molar-refractivity contribution is -0.139. The fourth-order valence-corrected chi connectivity index (χ4v) is 6.21. The third-order valence-corrected chi connectivity index (χ3v) is 8.91. The lowest BCUT2D eigenvalue weighted by Gasteiger charge is -2.39. The van der Waals surface area contributed by atoms with Crippen LogP contribution in [-0.4, -0.2) is 80.9 Å². The topological polar surface area (TPSA) is 99.3 Å². The molecule has 0 aliphatic carbocycles. The average molecular weight is 547 g/mol. The minimum Gasteiger partial charge on any atom is -0.463 e. The van der Waals surface area contributed by atoms with Crippen LogP contribution in [0.15, 0.2) is 64.7 Å². The number of amides is 2. The molecule has 198 valence electrons. The number of likely N-dealkylation sites (N-methyl/N-ethyl adjacent to an activating group) is 1. The van der Waals surface area contributed by atoms with E-state index in [1.165, 1.54) is 9.21 Å². The Morgan fingerprint density at radius 3 is 2.35 bits per heavy atom. The highest BCUT2D eigenvalue weighted by Crippen LogP contribution is 2.35. The van der Waals surface area contributed by atoms with Crippen molar-refractivity contribution in [2.75, 3.05) is 46.4 Å². The number of hydrogen-bond donors (Lipinski definition) is 1. The first-order valence-electron chi connectivity index (χ1n) is 12.1. The Hall–Kier alpha value is -2.92. The summed E-state index contributed by atoms with van der Waals surface area (Å²) in [6.45, 7) is 5.56. The van der Waals surface area contributed by atoms with Gasteiger partial charge in [-0.3, -0.25) is 9.80 Å². The third-order valence-electron chi connectivity index (χ3n) is 6.65. The van der Waals surface area contributed by atoms with Crippen LogP contribution in [0.1, 0.15) is 24.1 Å². The van der Waals surface area contributed by atoms with Crippen LogP contribution in [0.2, 0.25) is 5.02 Å². The van der Waals surface area contributed by atoms with Gasteiger partial charge in [-0.25, -0.2) is 18.0 Å². The van der Waals surface area contributed by atoms with Crippen LogP contribution in [0.4, 0.5) is 4.79 Å². The van der Waals surface area contributed by atoms with Crippen LogP contribution in [0.5, 0.6) is 0 Å². The van der Waals surface area contributed by atoms with Gasteiger partial charge in [0, 0.05) is 50.5 Å². The summed E-state index contributed by atoms with van der Waals surface area (Å²) in [4.78, 5) is 29.8. The van der Waals surface area contributed by atoms with Crippen molar-refractivity contribution >= 4 is 33.6 Å². The molecule has 2 aromatic carbocycles. The maximum absolute atomic E-state index is 13.2. The maximum Gasteiger partial charge on any atom is 0.338 e. The quantitative estimate of drug-likeness (QED) is 0.536. The van der Waals surface area contributed by atoms with Gasteiger partial charge in [0.15, 0.2) is 0 Å². The molecule has 4 rings (SSSR count). The van der Waals surface area contributed by atoms with Crippen LogP contribution in [-0.2, 0) is 19.6 Å². The second-order valence-corrected chi connectivity index (χ2v) is 11.4. The molecule has 1 atom stereocenters. The van der Waals surface area contributed by atoms with E-state index in [1.54, 1.807) is 62.5 Å². The number of nitrogens with one attached hydrogen (secondary N) is 1. The van der Waals surface area contributed by atoms with Gasteiger partial charge in [0.25, 0.3) is 0 Å². The smallest absolute Gasteiger partial charge is 0.338 e. The number of carbonyl (C=O) groups excluding carboxylic acids is 2. The number of benzene rings is 2. The fourth-order valence-electron chi connectivity index (χ4n) is 4.54. The number of sulfonamides is 1. The zero-order chi connectivity index (χ0) is 26.7. The number of piperazine rings is 1. The fraction of sp³-hybridized carbons (Fsp3) is 0.385. The van der Waals surface area contributed by atoms with Gasteiger partial charge in [0.05, 0.1) is 23.1 Å². The zero-order valence-electron chi connectivity index (χ0n) is 21.1. The van der Waals surface area contributed by atoms with Crippen molar-refractivity contribution in [1.29, 1.82) is 0 Å². The van der Waals surface area contributed by atoms with Gasteiger partial charge in [0.1, 0.15) is 0 Å². The number of urea groups is 1. The van der Waals surface area contributed by atoms with E-state index in [9.17, 15) is 18.0 Å². The molecule has 2 amide bonds. The number of aryl methyl sites for hydroxylation is 1. The summed E-state index contributed by atoms with van der Waals surface area (Å²) in [5.74, 6) is -0.533. The average Bonchev–Trinajstić information content (AvgIpc) is 2.87. The summed E-state index contributed by atoms with van der Waals surface area (Å²) >= 11 is 6.43. The predicted octanol–water partition coefficient (Wildman–Crippen LogP) is 3.17. The van der Waals surface area contributed by atoms with Crippen LogP contribution >= 0.6 is 11.6 Å². The number of nitrogens with zero attached hydrogens (tertiary/aromatic N) is 3. The monoisotopic (exact) mass is 546 g/mol. The summed E-state index contributed by atoms with van der Waals surface area (Å²) in [6, 6.07) is 12.7. The first-order chi connectivity index (χ1) is 17.6. The van der Waals surface area contributed by atoms with E-state index >= 15 is 0 Å². The van der Waals surface area contributed by atoms with E-state index in [-0.39, 0.29) is 24.1 Å². The minimum absolute atomic E-state index is 0.179. The van der Waals surface area contributed by atoms with Crippen molar-refractivity contribution < 1.29 is 22.7 Å². The van der Waals surface area contributed by atoms with Crippen molar-refractivity contribution in [3.63, 3.8) is 0 Å². The van der Waals surface area contributed by atoms with Crippen molar-refractivity contribution in [3.8, 4) is 0 Å². The predicted molar refractivity (Wildman–Crippen MR) is 141 cm³/mol. The summed E-state index contributed by atoms with van der Waals surface area (Å²) in [5.41, 5.74) is 2.40. The third kappa shape index (κ3) is 5.67. The molecule has 9 nitrogen and oxygen atoms in total. The number of esters is 1. The molecule has 0 bridgehead atoms. The molecule has 1 N–H and O–H groups in total. The molecule has 0 unspecified atom stereocenters. The number of ether oxygens (including phenoxy) is 1. The largest absolute Gasteiger partial charge is 0.463 e. The Morgan fingerprint density at radius 1 is 1.08 bits per heavy atom. The normalized spacial score (nSPS) is 19.6. The summed E-state index contributed by atoms with van der Waals surface area (Å²) < 4.78 is 33.0. The molecule has 2 aliphatic rings. The molecule has 0 saturated carbocycles. The molecule has 11 heteroatoms. The van der Waals surface area contributed by atoms with Crippen molar-refractivity contribution in [1.82, 2.24) is 19.4 Å². The van der Waals surface area contributed by atoms with Gasteiger partial charge in [-0.2, -0.15) is 4.31 Å². The Kier molecular flexibility index (Phi) is 8.23. The van der Waals surface area contributed by atoms with E-state index in [0.717, 1.165) is 5.56 Å². The van der Waals surface area contributed by atoms with E-state index < -0.39 is 22.0 Å². The lowest BCUT2D eigenvalue weighted by Crippen LogP contribution is -2.53. The SMILES string of the molecule is CCOC(=O)C1=C(CN2CCN(S(=O)(=O)c3ccc(C)cc3)CC2)N(C)C(=O)N[C@H]1c1ccccc1Cl. The second kappa shape index (κ2) is 11.2. The molecular formula is C26H31ClN4O5S. The van der Waals surface area contributed by atoms with Crippen molar-refractivity contribution in [3.05, 3.63) is 76.0 Å².